The normalized spacial score (nSPS) is 12.2. The average molecular weight is 314 g/mol. The minimum atomic E-state index is -0.480. The van der Waals surface area contributed by atoms with Gasteiger partial charge in [0.1, 0.15) is 0 Å². The van der Waals surface area contributed by atoms with E-state index in [-0.39, 0.29) is 18.1 Å². The smallest absolute Gasteiger partial charge is 0.275 e. The second-order valence-corrected chi connectivity index (χ2v) is 5.64. The highest BCUT2D eigenvalue weighted by Crippen LogP contribution is 2.25. The van der Waals surface area contributed by atoms with Gasteiger partial charge in [-0.2, -0.15) is 0 Å². The molecular weight excluding hydrogens is 294 g/mol. The molecule has 1 atom stereocenters. The lowest BCUT2D eigenvalue weighted by Crippen LogP contribution is -2.43. The van der Waals surface area contributed by atoms with Gasteiger partial charge in [-0.3, -0.25) is 14.9 Å². The molecule has 6 nitrogen and oxygen atoms in total. The highest BCUT2D eigenvalue weighted by molar-refractivity contribution is 6.31. The van der Waals surface area contributed by atoms with Crippen LogP contribution in [0.1, 0.15) is 26.3 Å². The third-order valence-electron chi connectivity index (χ3n) is 2.95. The Morgan fingerprint density at radius 3 is 2.62 bits per heavy atom. The van der Waals surface area contributed by atoms with Crippen LogP contribution in [0, 0.1) is 16.0 Å². The molecule has 0 aliphatic heterocycles. The number of rotatable bonds is 7. The van der Waals surface area contributed by atoms with Crippen LogP contribution in [0.4, 0.5) is 5.69 Å². The molecule has 0 saturated heterocycles. The fraction of sp³-hybridized carbons (Fsp3) is 0.500. The van der Waals surface area contributed by atoms with E-state index in [0.717, 1.165) is 0 Å². The molecule has 1 aromatic rings. The Hall–Kier alpha value is -1.66. The molecule has 21 heavy (non-hydrogen) atoms. The molecule has 1 amide bonds. The summed E-state index contributed by atoms with van der Waals surface area (Å²) in [6.07, 6.45) is 0. The molecule has 0 radical (unpaired) electrons. The zero-order valence-corrected chi connectivity index (χ0v) is 13.1. The van der Waals surface area contributed by atoms with E-state index >= 15 is 0 Å². The molecule has 0 fully saturated rings. The molecule has 0 aromatic heterocycles. The van der Waals surface area contributed by atoms with E-state index in [1.165, 1.54) is 12.1 Å². The zero-order valence-electron chi connectivity index (χ0n) is 12.4. The summed E-state index contributed by atoms with van der Waals surface area (Å²) < 4.78 is 0. The Morgan fingerprint density at radius 2 is 2.05 bits per heavy atom. The topological polar surface area (TPSA) is 84.3 Å². The number of benzene rings is 1. The van der Waals surface area contributed by atoms with Gasteiger partial charge in [0.15, 0.2) is 0 Å². The van der Waals surface area contributed by atoms with Crippen molar-refractivity contribution in [3.05, 3.63) is 38.9 Å². The summed E-state index contributed by atoms with van der Waals surface area (Å²) in [6, 6.07) is 4.06. The van der Waals surface area contributed by atoms with Gasteiger partial charge in [-0.25, -0.2) is 0 Å². The third kappa shape index (κ3) is 5.32. The van der Waals surface area contributed by atoms with Crippen molar-refractivity contribution in [1.29, 1.82) is 0 Å². The number of nitrogens with one attached hydrogen (secondary N) is 2. The van der Waals surface area contributed by atoms with E-state index in [2.05, 4.69) is 10.6 Å². The average Bonchev–Trinajstić information content (AvgIpc) is 2.42. The quantitative estimate of drug-likeness (QED) is 0.598. The first-order valence-corrected chi connectivity index (χ1v) is 7.13. The summed E-state index contributed by atoms with van der Waals surface area (Å²) in [5.41, 5.74) is 0.331. The monoisotopic (exact) mass is 313 g/mol. The number of carbonyl (C=O) groups excluding carboxylic acids is 1. The number of nitro groups is 1. The van der Waals surface area contributed by atoms with Gasteiger partial charge < -0.3 is 10.6 Å². The van der Waals surface area contributed by atoms with Gasteiger partial charge in [0.05, 0.1) is 21.6 Å². The molecule has 1 aromatic carbocycles. The van der Waals surface area contributed by atoms with Gasteiger partial charge >= 0.3 is 0 Å². The van der Waals surface area contributed by atoms with Crippen LogP contribution < -0.4 is 10.6 Å². The van der Waals surface area contributed by atoms with Gasteiger partial charge in [0.25, 0.3) is 5.69 Å². The first-order chi connectivity index (χ1) is 9.82. The molecule has 0 aliphatic carbocycles. The minimum absolute atomic E-state index is 0.0511. The minimum Gasteiger partial charge on any atom is -0.354 e. The van der Waals surface area contributed by atoms with Crippen molar-refractivity contribution in [3.63, 3.8) is 0 Å². The van der Waals surface area contributed by atoms with Crippen LogP contribution in [0.5, 0.6) is 0 Å². The zero-order chi connectivity index (χ0) is 16.0. The first-order valence-electron chi connectivity index (χ1n) is 6.75. The SMILES string of the molecule is CC(C)CNC(=O)C(C)NCc1c(Cl)cccc1[N+](=O)[O-]. The maximum atomic E-state index is 11.8. The van der Waals surface area contributed by atoms with Crippen molar-refractivity contribution in [2.45, 2.75) is 33.4 Å². The Bertz CT molecular complexity index is 520. The maximum absolute atomic E-state index is 11.8. The molecule has 2 N–H and O–H groups in total. The first kappa shape index (κ1) is 17.4. The number of halogens is 1. The van der Waals surface area contributed by atoms with Crippen molar-refractivity contribution in [3.8, 4) is 0 Å². The van der Waals surface area contributed by atoms with E-state index in [4.69, 9.17) is 11.6 Å². The standard InChI is InChI=1S/C14H20ClN3O3/c1-9(2)7-17-14(19)10(3)16-8-11-12(15)5-4-6-13(11)18(20)21/h4-6,9-10,16H,7-8H2,1-3H3,(H,17,19). The number of nitrogens with zero attached hydrogens (tertiary/aromatic N) is 1. The predicted molar refractivity (Wildman–Crippen MR) is 82.3 cm³/mol. The van der Waals surface area contributed by atoms with Gasteiger partial charge in [0.2, 0.25) is 5.91 Å². The number of hydrogen-bond donors (Lipinski definition) is 2. The molecule has 7 heteroatoms. The summed E-state index contributed by atoms with van der Waals surface area (Å²) in [6.45, 7) is 6.47. The van der Waals surface area contributed by atoms with Crippen LogP contribution in [0.3, 0.4) is 0 Å². The molecule has 1 unspecified atom stereocenters. The van der Waals surface area contributed by atoms with Gasteiger partial charge in [0, 0.05) is 19.2 Å². The van der Waals surface area contributed by atoms with Gasteiger partial charge in [-0.05, 0) is 18.9 Å². The number of carbonyl (C=O) groups is 1. The summed E-state index contributed by atoms with van der Waals surface area (Å²) in [5.74, 6) is 0.226. The Balaban J connectivity index is 2.67. The van der Waals surface area contributed by atoms with Crippen LogP contribution in [0.25, 0.3) is 0 Å². The second kappa shape index (κ2) is 7.95. The summed E-state index contributed by atoms with van der Waals surface area (Å²) in [7, 11) is 0. The van der Waals surface area contributed by atoms with Crippen molar-refractivity contribution >= 4 is 23.2 Å². The lowest BCUT2D eigenvalue weighted by molar-refractivity contribution is -0.385. The van der Waals surface area contributed by atoms with Crippen LogP contribution >= 0.6 is 11.6 Å². The Morgan fingerprint density at radius 1 is 1.38 bits per heavy atom. The van der Waals surface area contributed by atoms with Gasteiger partial charge in [-0.15, -0.1) is 0 Å². The molecule has 0 saturated carbocycles. The third-order valence-corrected chi connectivity index (χ3v) is 3.31. The van der Waals surface area contributed by atoms with Crippen molar-refractivity contribution in [1.82, 2.24) is 10.6 Å². The van der Waals surface area contributed by atoms with Crippen molar-refractivity contribution in [2.24, 2.45) is 5.92 Å². The molecule has 0 spiro atoms. The van der Waals surface area contributed by atoms with Gasteiger partial charge in [-0.1, -0.05) is 31.5 Å². The maximum Gasteiger partial charge on any atom is 0.275 e. The molecular formula is C14H20ClN3O3. The summed E-state index contributed by atoms with van der Waals surface area (Å²) in [4.78, 5) is 22.3. The lowest BCUT2D eigenvalue weighted by atomic mass is 10.1. The summed E-state index contributed by atoms with van der Waals surface area (Å²) >= 11 is 5.99. The van der Waals surface area contributed by atoms with Crippen LogP contribution in [0.2, 0.25) is 5.02 Å². The highest BCUT2D eigenvalue weighted by Gasteiger charge is 2.19. The van der Waals surface area contributed by atoms with E-state index in [1.807, 2.05) is 13.8 Å². The van der Waals surface area contributed by atoms with E-state index in [0.29, 0.717) is 23.0 Å². The molecule has 0 heterocycles. The molecule has 116 valence electrons. The van der Waals surface area contributed by atoms with E-state index < -0.39 is 11.0 Å². The number of nitro benzene ring substituents is 1. The van der Waals surface area contributed by atoms with Crippen LogP contribution in [0.15, 0.2) is 18.2 Å². The number of amides is 1. The molecule has 0 aliphatic rings. The largest absolute Gasteiger partial charge is 0.354 e. The van der Waals surface area contributed by atoms with E-state index in [1.54, 1.807) is 13.0 Å². The predicted octanol–water partition coefficient (Wildman–Crippen LogP) is 2.50. The Kier molecular flexibility index (Phi) is 6.58. The second-order valence-electron chi connectivity index (χ2n) is 5.24. The van der Waals surface area contributed by atoms with E-state index in [9.17, 15) is 14.9 Å². The van der Waals surface area contributed by atoms with Crippen LogP contribution in [-0.4, -0.2) is 23.4 Å². The highest BCUT2D eigenvalue weighted by atomic mass is 35.5. The molecule has 1 rings (SSSR count). The fourth-order valence-corrected chi connectivity index (χ4v) is 1.94. The van der Waals surface area contributed by atoms with Crippen LogP contribution in [-0.2, 0) is 11.3 Å². The molecule has 0 bridgehead atoms. The van der Waals surface area contributed by atoms with Crippen molar-refractivity contribution < 1.29 is 9.72 Å². The Labute approximate surface area is 129 Å². The summed E-state index contributed by atoms with van der Waals surface area (Å²) in [5, 5.41) is 17.0. The lowest BCUT2D eigenvalue weighted by Gasteiger charge is -2.15. The number of hydrogen-bond acceptors (Lipinski definition) is 4. The van der Waals surface area contributed by atoms with Crippen molar-refractivity contribution in [2.75, 3.05) is 6.54 Å². The fourth-order valence-electron chi connectivity index (χ4n) is 1.70.